The van der Waals surface area contributed by atoms with E-state index in [2.05, 4.69) is 5.01 Å². The Bertz CT molecular complexity index is 556. The first-order valence-electron chi connectivity index (χ1n) is 7.76. The summed E-state index contributed by atoms with van der Waals surface area (Å²) in [7, 11) is 0. The molecule has 1 aromatic carbocycles. The van der Waals surface area contributed by atoms with Gasteiger partial charge < -0.3 is 5.11 Å². The van der Waals surface area contributed by atoms with Crippen LogP contribution in [0, 0.1) is 5.92 Å². The predicted molar refractivity (Wildman–Crippen MR) is 87.1 cm³/mol. The maximum atomic E-state index is 11.9. The Morgan fingerprint density at radius 3 is 2.55 bits per heavy atom. The van der Waals surface area contributed by atoms with E-state index in [9.17, 15) is 9.90 Å². The van der Waals surface area contributed by atoms with Gasteiger partial charge in [-0.05, 0) is 49.3 Å². The number of piperidine rings is 1. The van der Waals surface area contributed by atoms with Crippen LogP contribution >= 0.6 is 23.2 Å². The van der Waals surface area contributed by atoms with Crippen molar-refractivity contribution in [3.05, 3.63) is 27.7 Å². The van der Waals surface area contributed by atoms with Crippen LogP contribution in [0.15, 0.2) is 12.1 Å². The average molecular weight is 343 g/mol. The summed E-state index contributed by atoms with van der Waals surface area (Å²) in [6.07, 6.45) is 4.57. The molecule has 0 bridgehead atoms. The van der Waals surface area contributed by atoms with Crippen molar-refractivity contribution in [1.82, 2.24) is 10.0 Å². The van der Waals surface area contributed by atoms with Gasteiger partial charge in [-0.3, -0.25) is 9.80 Å². The minimum atomic E-state index is 0.0895. The number of hydrogen-bond donors (Lipinski definition) is 1. The molecule has 2 heterocycles. The van der Waals surface area contributed by atoms with Crippen molar-refractivity contribution < 1.29 is 9.90 Å². The minimum absolute atomic E-state index is 0.0895. The third-order valence-electron chi connectivity index (χ3n) is 4.51. The van der Waals surface area contributed by atoms with E-state index < -0.39 is 0 Å². The Labute approximate surface area is 140 Å². The number of nitrogens with zero attached hydrogens (tertiary/aromatic N) is 2. The van der Waals surface area contributed by atoms with E-state index in [-0.39, 0.29) is 11.7 Å². The number of hydrazine groups is 1. The van der Waals surface area contributed by atoms with E-state index in [0.29, 0.717) is 22.4 Å². The molecule has 22 heavy (non-hydrogen) atoms. The number of amides is 1. The summed E-state index contributed by atoms with van der Waals surface area (Å²) in [5.74, 6) is 0.745. The SMILES string of the molecule is O=C1CCCN1N1CCC[C@H](Cc2c(Cl)cc(O)cc2Cl)C1. The second-order valence-electron chi connectivity index (χ2n) is 6.13. The molecule has 0 aromatic heterocycles. The molecule has 4 nitrogen and oxygen atoms in total. The monoisotopic (exact) mass is 342 g/mol. The maximum absolute atomic E-state index is 11.9. The highest BCUT2D eigenvalue weighted by Crippen LogP contribution is 2.33. The number of benzene rings is 1. The number of carbonyl (C=O) groups is 1. The summed E-state index contributed by atoms with van der Waals surface area (Å²) in [4.78, 5) is 11.9. The third kappa shape index (κ3) is 3.34. The van der Waals surface area contributed by atoms with E-state index in [1.165, 1.54) is 12.1 Å². The van der Waals surface area contributed by atoms with Gasteiger partial charge in [0.25, 0.3) is 0 Å². The predicted octanol–water partition coefficient (Wildman–Crippen LogP) is 3.49. The van der Waals surface area contributed by atoms with Gasteiger partial charge in [0.1, 0.15) is 5.75 Å². The van der Waals surface area contributed by atoms with Crippen molar-refractivity contribution in [2.75, 3.05) is 19.6 Å². The van der Waals surface area contributed by atoms with Gasteiger partial charge in [-0.2, -0.15) is 0 Å². The van der Waals surface area contributed by atoms with Crippen molar-refractivity contribution >= 4 is 29.1 Å². The summed E-state index contributed by atoms with van der Waals surface area (Å²) in [6.45, 7) is 2.64. The lowest BCUT2D eigenvalue weighted by molar-refractivity contribution is -0.146. The Morgan fingerprint density at radius 2 is 1.91 bits per heavy atom. The number of carbonyl (C=O) groups excluding carboxylic acids is 1. The summed E-state index contributed by atoms with van der Waals surface area (Å²) in [5, 5.41) is 14.6. The van der Waals surface area contributed by atoms with Gasteiger partial charge in [-0.25, -0.2) is 5.01 Å². The molecule has 6 heteroatoms. The number of phenolic OH excluding ortho intramolecular Hbond substituents is 1. The molecule has 2 aliphatic heterocycles. The molecule has 0 unspecified atom stereocenters. The Balaban J connectivity index is 1.69. The quantitative estimate of drug-likeness (QED) is 0.914. The van der Waals surface area contributed by atoms with Crippen molar-refractivity contribution in [1.29, 1.82) is 0 Å². The fourth-order valence-electron chi connectivity index (χ4n) is 3.44. The number of phenols is 1. The van der Waals surface area contributed by atoms with E-state index >= 15 is 0 Å². The molecule has 1 aromatic rings. The lowest BCUT2D eigenvalue weighted by atomic mass is 9.92. The first-order valence-corrected chi connectivity index (χ1v) is 8.52. The molecule has 2 aliphatic rings. The van der Waals surface area contributed by atoms with Crippen LogP contribution in [0.1, 0.15) is 31.2 Å². The zero-order valence-electron chi connectivity index (χ0n) is 12.4. The molecular weight excluding hydrogens is 323 g/mol. The maximum Gasteiger partial charge on any atom is 0.236 e. The number of aromatic hydroxyl groups is 1. The van der Waals surface area contributed by atoms with Gasteiger partial charge in [-0.15, -0.1) is 0 Å². The Hall–Kier alpha value is -0.970. The van der Waals surface area contributed by atoms with Gasteiger partial charge in [0, 0.05) is 36.1 Å². The van der Waals surface area contributed by atoms with Crippen LogP contribution in [0.3, 0.4) is 0 Å². The minimum Gasteiger partial charge on any atom is -0.508 e. The number of hydrogen-bond acceptors (Lipinski definition) is 3. The van der Waals surface area contributed by atoms with Gasteiger partial charge in [0.2, 0.25) is 5.91 Å². The molecule has 2 fully saturated rings. The smallest absolute Gasteiger partial charge is 0.236 e. The molecule has 120 valence electrons. The fraction of sp³-hybridized carbons (Fsp3) is 0.562. The summed E-state index contributed by atoms with van der Waals surface area (Å²) in [6, 6.07) is 3.07. The topological polar surface area (TPSA) is 43.8 Å². The summed E-state index contributed by atoms with van der Waals surface area (Å²) in [5.41, 5.74) is 0.890. The van der Waals surface area contributed by atoms with Gasteiger partial charge >= 0.3 is 0 Å². The Morgan fingerprint density at radius 1 is 1.18 bits per heavy atom. The van der Waals surface area contributed by atoms with Gasteiger partial charge in [0.15, 0.2) is 0 Å². The fourth-order valence-corrected chi connectivity index (χ4v) is 4.07. The van der Waals surface area contributed by atoms with E-state index in [1.54, 1.807) is 0 Å². The highest BCUT2D eigenvalue weighted by Gasteiger charge is 2.30. The van der Waals surface area contributed by atoms with Crippen LogP contribution in [-0.4, -0.2) is 40.7 Å². The molecule has 2 saturated heterocycles. The molecular formula is C16H20Cl2N2O2. The first-order chi connectivity index (χ1) is 10.5. The zero-order valence-corrected chi connectivity index (χ0v) is 13.9. The number of halogens is 2. The van der Waals surface area contributed by atoms with Crippen molar-refractivity contribution in [2.45, 2.75) is 32.1 Å². The van der Waals surface area contributed by atoms with Crippen LogP contribution in [0.5, 0.6) is 5.75 Å². The van der Waals surface area contributed by atoms with Crippen molar-refractivity contribution in [3.63, 3.8) is 0 Å². The van der Waals surface area contributed by atoms with E-state index in [4.69, 9.17) is 23.2 Å². The lowest BCUT2D eigenvalue weighted by Gasteiger charge is -2.38. The van der Waals surface area contributed by atoms with Crippen molar-refractivity contribution in [3.8, 4) is 5.75 Å². The highest BCUT2D eigenvalue weighted by atomic mass is 35.5. The molecule has 1 amide bonds. The molecule has 0 aliphatic carbocycles. The van der Waals surface area contributed by atoms with E-state index in [0.717, 1.165) is 50.9 Å². The van der Waals surface area contributed by atoms with Crippen LogP contribution < -0.4 is 0 Å². The molecule has 3 rings (SSSR count). The second kappa shape index (κ2) is 6.65. The lowest BCUT2D eigenvalue weighted by Crippen LogP contribution is -2.48. The van der Waals surface area contributed by atoms with Gasteiger partial charge in [0.05, 0.1) is 0 Å². The standard InChI is InChI=1S/C16H20Cl2N2O2/c17-14-8-12(21)9-15(18)13(14)7-11-3-1-5-19(10-11)20-6-2-4-16(20)22/h8-9,11,21H,1-7,10H2/t11-/m1/s1. The van der Waals surface area contributed by atoms with E-state index in [1.807, 2.05) is 5.01 Å². The molecule has 0 spiro atoms. The largest absolute Gasteiger partial charge is 0.508 e. The Kier molecular flexibility index (Phi) is 4.81. The molecule has 1 N–H and O–H groups in total. The molecule has 1 atom stereocenters. The normalized spacial score (nSPS) is 23.3. The molecule has 0 saturated carbocycles. The van der Waals surface area contributed by atoms with Crippen LogP contribution in [0.2, 0.25) is 10.0 Å². The number of rotatable bonds is 3. The summed E-state index contributed by atoms with van der Waals surface area (Å²) < 4.78 is 0. The molecule has 0 radical (unpaired) electrons. The van der Waals surface area contributed by atoms with Crippen LogP contribution in [0.4, 0.5) is 0 Å². The highest BCUT2D eigenvalue weighted by molar-refractivity contribution is 6.36. The van der Waals surface area contributed by atoms with Crippen LogP contribution in [0.25, 0.3) is 0 Å². The van der Waals surface area contributed by atoms with Crippen LogP contribution in [-0.2, 0) is 11.2 Å². The zero-order chi connectivity index (χ0) is 15.7. The third-order valence-corrected chi connectivity index (χ3v) is 5.18. The van der Waals surface area contributed by atoms with Gasteiger partial charge in [-0.1, -0.05) is 23.2 Å². The summed E-state index contributed by atoms with van der Waals surface area (Å²) >= 11 is 12.4. The average Bonchev–Trinajstić information content (AvgIpc) is 2.89. The second-order valence-corrected chi connectivity index (χ2v) is 6.95. The first kappa shape index (κ1) is 15.9. The van der Waals surface area contributed by atoms with Crippen molar-refractivity contribution in [2.24, 2.45) is 5.92 Å².